The number of amides is 1. The highest BCUT2D eigenvalue weighted by Crippen LogP contribution is 2.37. The van der Waals surface area contributed by atoms with E-state index >= 15 is 0 Å². The molecule has 0 heterocycles. The third kappa shape index (κ3) is 6.00. The van der Waals surface area contributed by atoms with Crippen molar-refractivity contribution in [2.24, 2.45) is 0 Å². The lowest BCUT2D eigenvalue weighted by atomic mass is 10.1. The second-order valence-corrected chi connectivity index (χ2v) is 6.76. The summed E-state index contributed by atoms with van der Waals surface area (Å²) in [5.74, 6) is 0.495. The van der Waals surface area contributed by atoms with Gasteiger partial charge in [0.05, 0.1) is 18.2 Å². The Bertz CT molecular complexity index is 819. The van der Waals surface area contributed by atoms with E-state index in [2.05, 4.69) is 0 Å². The van der Waals surface area contributed by atoms with Crippen molar-refractivity contribution in [1.29, 1.82) is 0 Å². The number of ether oxygens (including phenoxy) is 2. The Morgan fingerprint density at radius 2 is 1.93 bits per heavy atom. The van der Waals surface area contributed by atoms with Gasteiger partial charge in [-0.2, -0.15) is 0 Å². The summed E-state index contributed by atoms with van der Waals surface area (Å²) in [6.45, 7) is 4.19. The summed E-state index contributed by atoms with van der Waals surface area (Å²) in [7, 11) is 3.22. The Morgan fingerprint density at radius 1 is 1.26 bits per heavy atom. The maximum atomic E-state index is 13.0. The van der Waals surface area contributed by atoms with E-state index in [0.29, 0.717) is 23.1 Å². The first-order chi connectivity index (χ1) is 12.8. The van der Waals surface area contributed by atoms with Crippen LogP contribution in [0.25, 0.3) is 6.08 Å². The predicted molar refractivity (Wildman–Crippen MR) is 106 cm³/mol. The summed E-state index contributed by atoms with van der Waals surface area (Å²) in [6, 6.07) is 9.53. The molecule has 0 spiro atoms. The quantitative estimate of drug-likeness (QED) is 0.627. The zero-order chi connectivity index (χ0) is 20.0. The van der Waals surface area contributed by atoms with Gasteiger partial charge in [0.1, 0.15) is 5.82 Å². The Morgan fingerprint density at radius 3 is 2.52 bits per heavy atom. The van der Waals surface area contributed by atoms with Crippen LogP contribution in [0.2, 0.25) is 5.02 Å². The second kappa shape index (κ2) is 9.42. The van der Waals surface area contributed by atoms with Crippen molar-refractivity contribution in [2.45, 2.75) is 26.5 Å². The van der Waals surface area contributed by atoms with Gasteiger partial charge in [-0.1, -0.05) is 23.7 Å². The van der Waals surface area contributed by atoms with Gasteiger partial charge in [0, 0.05) is 19.7 Å². The molecule has 0 radical (unpaired) electrons. The molecule has 0 aliphatic rings. The van der Waals surface area contributed by atoms with Gasteiger partial charge in [0.15, 0.2) is 11.5 Å². The van der Waals surface area contributed by atoms with Gasteiger partial charge in [-0.25, -0.2) is 4.39 Å². The van der Waals surface area contributed by atoms with Crippen LogP contribution in [0.15, 0.2) is 42.5 Å². The van der Waals surface area contributed by atoms with Crippen molar-refractivity contribution in [1.82, 2.24) is 4.90 Å². The van der Waals surface area contributed by atoms with E-state index in [-0.39, 0.29) is 17.8 Å². The number of nitrogens with zero attached hydrogens (tertiary/aromatic N) is 1. The van der Waals surface area contributed by atoms with Gasteiger partial charge < -0.3 is 14.4 Å². The third-order valence-electron chi connectivity index (χ3n) is 3.73. The molecule has 27 heavy (non-hydrogen) atoms. The first-order valence-electron chi connectivity index (χ1n) is 8.52. The molecule has 2 aromatic rings. The molecule has 0 N–H and O–H groups in total. The number of likely N-dealkylation sites (N-methyl/N-ethyl adjacent to an activating group) is 1. The fourth-order valence-electron chi connectivity index (χ4n) is 2.42. The summed E-state index contributed by atoms with van der Waals surface area (Å²) in [5.41, 5.74) is 1.57. The number of halogens is 2. The van der Waals surface area contributed by atoms with Crippen LogP contribution in [0.1, 0.15) is 25.0 Å². The molecule has 0 saturated heterocycles. The van der Waals surface area contributed by atoms with Crippen molar-refractivity contribution in [2.75, 3.05) is 14.2 Å². The van der Waals surface area contributed by atoms with Gasteiger partial charge >= 0.3 is 0 Å². The van der Waals surface area contributed by atoms with Gasteiger partial charge in [-0.15, -0.1) is 0 Å². The average molecular weight is 392 g/mol. The van der Waals surface area contributed by atoms with E-state index < -0.39 is 0 Å². The minimum absolute atomic E-state index is 0.0421. The van der Waals surface area contributed by atoms with Gasteiger partial charge in [-0.3, -0.25) is 4.79 Å². The molecule has 6 heteroatoms. The first kappa shape index (κ1) is 20.8. The molecule has 0 atom stereocenters. The molecule has 0 aromatic heterocycles. The van der Waals surface area contributed by atoms with Gasteiger partial charge in [0.25, 0.3) is 0 Å². The van der Waals surface area contributed by atoms with Crippen LogP contribution in [0, 0.1) is 5.82 Å². The van der Waals surface area contributed by atoms with Crippen molar-refractivity contribution in [3.05, 3.63) is 64.4 Å². The summed E-state index contributed by atoms with van der Waals surface area (Å²) in [5, 5.41) is 0.412. The van der Waals surface area contributed by atoms with E-state index in [0.717, 1.165) is 11.1 Å². The minimum Gasteiger partial charge on any atom is -0.493 e. The topological polar surface area (TPSA) is 38.8 Å². The SMILES string of the molecule is COc1cc(/C=C/C(=O)N(C)Cc2ccc(F)cc2)cc(Cl)c1OC(C)C. The van der Waals surface area contributed by atoms with Gasteiger partial charge in [0.2, 0.25) is 5.91 Å². The molecular weight excluding hydrogens is 369 g/mol. The van der Waals surface area contributed by atoms with E-state index in [1.54, 1.807) is 42.3 Å². The highest BCUT2D eigenvalue weighted by Gasteiger charge is 2.13. The van der Waals surface area contributed by atoms with E-state index in [1.165, 1.54) is 25.3 Å². The minimum atomic E-state index is -0.302. The summed E-state index contributed by atoms with van der Waals surface area (Å²) < 4.78 is 24.0. The molecule has 1 amide bonds. The average Bonchev–Trinajstić information content (AvgIpc) is 2.63. The fraction of sp³-hybridized carbons (Fsp3) is 0.286. The summed E-state index contributed by atoms with van der Waals surface area (Å²) >= 11 is 6.29. The molecule has 0 unspecified atom stereocenters. The molecule has 0 aliphatic heterocycles. The molecule has 4 nitrogen and oxygen atoms in total. The highest BCUT2D eigenvalue weighted by atomic mass is 35.5. The van der Waals surface area contributed by atoms with Crippen LogP contribution in [-0.2, 0) is 11.3 Å². The van der Waals surface area contributed by atoms with Crippen molar-refractivity contribution in [3.8, 4) is 11.5 Å². The van der Waals surface area contributed by atoms with E-state index in [9.17, 15) is 9.18 Å². The number of hydrogen-bond donors (Lipinski definition) is 0. The normalized spacial score (nSPS) is 11.1. The maximum Gasteiger partial charge on any atom is 0.246 e. The largest absolute Gasteiger partial charge is 0.493 e. The molecule has 0 saturated carbocycles. The Hall–Kier alpha value is -2.53. The van der Waals surface area contributed by atoms with Gasteiger partial charge in [-0.05, 0) is 55.3 Å². The Balaban J connectivity index is 2.10. The Labute approximate surface area is 164 Å². The third-order valence-corrected chi connectivity index (χ3v) is 4.01. The lowest BCUT2D eigenvalue weighted by Gasteiger charge is -2.16. The van der Waals surface area contributed by atoms with Crippen LogP contribution in [0.3, 0.4) is 0 Å². The molecule has 0 fully saturated rings. The smallest absolute Gasteiger partial charge is 0.246 e. The number of hydrogen-bond acceptors (Lipinski definition) is 3. The fourth-order valence-corrected chi connectivity index (χ4v) is 2.69. The summed E-state index contributed by atoms with van der Waals surface area (Å²) in [6.07, 6.45) is 3.08. The molecule has 0 bridgehead atoms. The van der Waals surface area contributed by atoms with Crippen LogP contribution in [0.5, 0.6) is 11.5 Å². The molecule has 2 rings (SSSR count). The first-order valence-corrected chi connectivity index (χ1v) is 8.89. The molecule has 144 valence electrons. The van der Waals surface area contributed by atoms with Crippen LogP contribution < -0.4 is 9.47 Å². The van der Waals surface area contributed by atoms with Crippen LogP contribution in [-0.4, -0.2) is 31.1 Å². The van der Waals surface area contributed by atoms with Crippen molar-refractivity contribution in [3.63, 3.8) is 0 Å². The highest BCUT2D eigenvalue weighted by molar-refractivity contribution is 6.32. The lowest BCUT2D eigenvalue weighted by molar-refractivity contribution is -0.125. The Kier molecular flexibility index (Phi) is 7.25. The van der Waals surface area contributed by atoms with Crippen molar-refractivity contribution >= 4 is 23.6 Å². The number of carbonyl (C=O) groups is 1. The number of carbonyl (C=O) groups excluding carboxylic acids is 1. The zero-order valence-electron chi connectivity index (χ0n) is 15.8. The number of benzene rings is 2. The van der Waals surface area contributed by atoms with Crippen LogP contribution >= 0.6 is 11.6 Å². The molecular formula is C21H23ClFNO3. The van der Waals surface area contributed by atoms with E-state index in [4.69, 9.17) is 21.1 Å². The molecule has 0 aliphatic carbocycles. The summed E-state index contributed by atoms with van der Waals surface area (Å²) in [4.78, 5) is 13.9. The molecule has 2 aromatic carbocycles. The maximum absolute atomic E-state index is 13.0. The second-order valence-electron chi connectivity index (χ2n) is 6.35. The lowest BCUT2D eigenvalue weighted by Crippen LogP contribution is -2.24. The van der Waals surface area contributed by atoms with Crippen LogP contribution in [0.4, 0.5) is 4.39 Å². The van der Waals surface area contributed by atoms with E-state index in [1.807, 2.05) is 13.8 Å². The number of rotatable bonds is 7. The zero-order valence-corrected chi connectivity index (χ0v) is 16.6. The number of methoxy groups -OCH3 is 1. The standard InChI is InChI=1S/C21H23ClFNO3/c1-14(2)27-21-18(22)11-16(12-19(21)26-4)7-10-20(25)24(3)13-15-5-8-17(23)9-6-15/h5-12,14H,13H2,1-4H3/b10-7+. The predicted octanol–water partition coefficient (Wildman–Crippen LogP) is 4.95. The van der Waals surface area contributed by atoms with Crippen molar-refractivity contribution < 1.29 is 18.7 Å². The monoisotopic (exact) mass is 391 g/mol.